The van der Waals surface area contributed by atoms with Crippen LogP contribution in [0, 0.1) is 11.3 Å². The Morgan fingerprint density at radius 2 is 1.96 bits per heavy atom. The number of furan rings is 1. The van der Waals surface area contributed by atoms with Gasteiger partial charge in [0.2, 0.25) is 17.6 Å². The van der Waals surface area contributed by atoms with E-state index in [1.807, 2.05) is 23.1 Å². The zero-order valence-corrected chi connectivity index (χ0v) is 13.4. The van der Waals surface area contributed by atoms with Crippen molar-refractivity contribution in [2.75, 3.05) is 38.0 Å². The van der Waals surface area contributed by atoms with Gasteiger partial charge in [0.1, 0.15) is 17.3 Å². The summed E-state index contributed by atoms with van der Waals surface area (Å²) in [4.78, 5) is 27.4. The summed E-state index contributed by atoms with van der Waals surface area (Å²) >= 11 is 0. The smallest absolute Gasteiger partial charge is 0.238 e. The van der Waals surface area contributed by atoms with Gasteiger partial charge in [0, 0.05) is 38.5 Å². The van der Waals surface area contributed by atoms with E-state index < -0.39 is 0 Å². The highest BCUT2D eigenvalue weighted by atomic mass is 16.3. The lowest BCUT2D eigenvalue weighted by molar-refractivity contribution is -0.130. The largest absolute Gasteiger partial charge is 0.443 e. The molecule has 1 aliphatic rings. The average Bonchev–Trinajstić information content (AvgIpc) is 2.93. The molecule has 1 aromatic heterocycles. The van der Waals surface area contributed by atoms with Crippen LogP contribution >= 0.6 is 0 Å². The second kappa shape index (κ2) is 6.72. The lowest BCUT2D eigenvalue weighted by Crippen LogP contribution is -2.49. The van der Waals surface area contributed by atoms with Crippen LogP contribution in [-0.4, -0.2) is 54.3 Å². The fraction of sp³-hybridized carbons (Fsp3) is 0.353. The zero-order chi connectivity index (χ0) is 17.1. The Hall–Kier alpha value is -2.85. The van der Waals surface area contributed by atoms with Gasteiger partial charge in [0.05, 0.1) is 6.54 Å². The lowest BCUT2D eigenvalue weighted by atomic mass is 10.2. The minimum Gasteiger partial charge on any atom is -0.443 e. The third-order valence-corrected chi connectivity index (χ3v) is 4.15. The van der Waals surface area contributed by atoms with E-state index in [1.165, 1.54) is 0 Å². The number of piperazine rings is 1. The first kappa shape index (κ1) is 16.0. The van der Waals surface area contributed by atoms with Crippen LogP contribution in [0.1, 0.15) is 12.7 Å². The van der Waals surface area contributed by atoms with Crippen LogP contribution in [0.5, 0.6) is 0 Å². The van der Waals surface area contributed by atoms with Gasteiger partial charge in [-0.2, -0.15) is 5.26 Å². The van der Waals surface area contributed by atoms with Crippen LogP contribution in [0.3, 0.4) is 0 Å². The molecule has 0 aliphatic carbocycles. The summed E-state index contributed by atoms with van der Waals surface area (Å²) in [6.45, 7) is 4.34. The Morgan fingerprint density at radius 1 is 1.25 bits per heavy atom. The normalized spacial score (nSPS) is 15.2. The van der Waals surface area contributed by atoms with E-state index in [2.05, 4.69) is 5.32 Å². The van der Waals surface area contributed by atoms with Crippen molar-refractivity contribution < 1.29 is 14.0 Å². The first-order chi connectivity index (χ1) is 11.6. The molecule has 0 bridgehead atoms. The second-order valence-corrected chi connectivity index (χ2v) is 5.74. The molecule has 124 valence electrons. The van der Waals surface area contributed by atoms with Gasteiger partial charge >= 0.3 is 0 Å². The third kappa shape index (κ3) is 3.24. The molecule has 1 N–H and O–H groups in total. The number of carbonyl (C=O) groups is 2. The summed E-state index contributed by atoms with van der Waals surface area (Å²) in [5, 5.41) is 12.7. The Morgan fingerprint density at radius 3 is 2.62 bits per heavy atom. The maximum atomic E-state index is 12.3. The Bertz CT molecular complexity index is 813. The zero-order valence-electron chi connectivity index (χ0n) is 13.4. The van der Waals surface area contributed by atoms with Crippen LogP contribution < -0.4 is 5.32 Å². The number of fused-ring (bicyclic) bond motifs is 1. The molecule has 1 aliphatic heterocycles. The van der Waals surface area contributed by atoms with Gasteiger partial charge < -0.3 is 14.6 Å². The molecular weight excluding hydrogens is 308 g/mol. The Labute approximate surface area is 139 Å². The number of rotatable bonds is 3. The molecule has 0 saturated carbocycles. The van der Waals surface area contributed by atoms with Crippen molar-refractivity contribution in [3.63, 3.8) is 0 Å². The van der Waals surface area contributed by atoms with E-state index in [9.17, 15) is 14.9 Å². The van der Waals surface area contributed by atoms with Crippen molar-refractivity contribution >= 4 is 28.5 Å². The number of hydrogen-bond donors (Lipinski definition) is 1. The van der Waals surface area contributed by atoms with Crippen molar-refractivity contribution in [3.8, 4) is 6.07 Å². The lowest BCUT2D eigenvalue weighted by Gasteiger charge is -2.33. The summed E-state index contributed by atoms with van der Waals surface area (Å²) in [5.74, 6) is -0.0390. The summed E-state index contributed by atoms with van der Waals surface area (Å²) in [6, 6.07) is 9.18. The van der Waals surface area contributed by atoms with Crippen molar-refractivity contribution in [1.82, 2.24) is 9.80 Å². The standard InChI is InChI=1S/C17H18N4O3/c1-12(22)21-8-6-20(7-9-21)11-16(23)19-17-13-4-2-3-5-14(13)24-15(17)10-18/h2-5H,6-9,11H2,1H3,(H,19,23). The molecule has 0 unspecified atom stereocenters. The van der Waals surface area contributed by atoms with Gasteiger partial charge in [-0.1, -0.05) is 12.1 Å². The van der Waals surface area contributed by atoms with Gasteiger partial charge in [0.15, 0.2) is 0 Å². The van der Waals surface area contributed by atoms with Crippen molar-refractivity contribution in [2.45, 2.75) is 6.92 Å². The molecule has 1 fully saturated rings. The number of amides is 2. The molecule has 1 saturated heterocycles. The summed E-state index contributed by atoms with van der Waals surface area (Å²) < 4.78 is 5.45. The monoisotopic (exact) mass is 326 g/mol. The van der Waals surface area contributed by atoms with Crippen LogP contribution in [0.15, 0.2) is 28.7 Å². The fourth-order valence-corrected chi connectivity index (χ4v) is 2.85. The Kier molecular flexibility index (Phi) is 4.49. The highest BCUT2D eigenvalue weighted by Crippen LogP contribution is 2.30. The fourth-order valence-electron chi connectivity index (χ4n) is 2.85. The molecule has 0 radical (unpaired) electrons. The van der Waals surface area contributed by atoms with Gasteiger partial charge in [-0.15, -0.1) is 0 Å². The summed E-state index contributed by atoms with van der Waals surface area (Å²) in [6.07, 6.45) is 0. The van der Waals surface area contributed by atoms with Gasteiger partial charge in [0.25, 0.3) is 0 Å². The van der Waals surface area contributed by atoms with E-state index >= 15 is 0 Å². The molecule has 3 rings (SSSR count). The highest BCUT2D eigenvalue weighted by Gasteiger charge is 2.22. The molecule has 0 atom stereocenters. The average molecular weight is 326 g/mol. The number of nitriles is 1. The van der Waals surface area contributed by atoms with E-state index in [4.69, 9.17) is 4.42 Å². The van der Waals surface area contributed by atoms with E-state index in [1.54, 1.807) is 24.0 Å². The number of hydrogen-bond acceptors (Lipinski definition) is 5. The number of para-hydroxylation sites is 1. The molecule has 1 aromatic carbocycles. The summed E-state index contributed by atoms with van der Waals surface area (Å²) in [7, 11) is 0. The maximum Gasteiger partial charge on any atom is 0.238 e. The Balaban J connectivity index is 1.66. The summed E-state index contributed by atoms with van der Waals surface area (Å²) in [5.41, 5.74) is 0.986. The quantitative estimate of drug-likeness (QED) is 0.921. The minimum atomic E-state index is -0.200. The topological polar surface area (TPSA) is 89.6 Å². The molecular formula is C17H18N4O3. The predicted molar refractivity (Wildman–Crippen MR) is 88.3 cm³/mol. The van der Waals surface area contributed by atoms with Crippen LogP contribution in [0.4, 0.5) is 5.69 Å². The third-order valence-electron chi connectivity index (χ3n) is 4.15. The minimum absolute atomic E-state index is 0.0580. The molecule has 24 heavy (non-hydrogen) atoms. The molecule has 2 heterocycles. The number of anilines is 1. The van der Waals surface area contributed by atoms with Crippen molar-refractivity contribution in [1.29, 1.82) is 5.26 Å². The molecule has 2 amide bonds. The van der Waals surface area contributed by atoms with E-state index in [0.29, 0.717) is 42.8 Å². The molecule has 2 aromatic rings. The van der Waals surface area contributed by atoms with Gasteiger partial charge in [-0.25, -0.2) is 0 Å². The number of nitrogens with zero attached hydrogens (tertiary/aromatic N) is 3. The van der Waals surface area contributed by atoms with Crippen LogP contribution in [0.25, 0.3) is 11.0 Å². The van der Waals surface area contributed by atoms with Crippen LogP contribution in [-0.2, 0) is 9.59 Å². The maximum absolute atomic E-state index is 12.3. The number of nitrogens with one attached hydrogen (secondary N) is 1. The number of benzene rings is 1. The first-order valence-electron chi connectivity index (χ1n) is 7.78. The predicted octanol–water partition coefficient (Wildman–Crippen LogP) is 1.41. The number of carbonyl (C=O) groups excluding carboxylic acids is 2. The van der Waals surface area contributed by atoms with Crippen LogP contribution in [0.2, 0.25) is 0 Å². The van der Waals surface area contributed by atoms with Gasteiger partial charge in [-0.3, -0.25) is 14.5 Å². The molecule has 7 nitrogen and oxygen atoms in total. The van der Waals surface area contributed by atoms with E-state index in [-0.39, 0.29) is 24.1 Å². The molecule has 7 heteroatoms. The van der Waals surface area contributed by atoms with Crippen molar-refractivity contribution in [2.24, 2.45) is 0 Å². The first-order valence-corrected chi connectivity index (χ1v) is 7.78. The van der Waals surface area contributed by atoms with E-state index in [0.717, 1.165) is 0 Å². The van der Waals surface area contributed by atoms with Gasteiger partial charge in [-0.05, 0) is 12.1 Å². The molecule has 0 spiro atoms. The SMILES string of the molecule is CC(=O)N1CCN(CC(=O)Nc2c(C#N)oc3ccccc23)CC1. The van der Waals surface area contributed by atoms with Crippen molar-refractivity contribution in [3.05, 3.63) is 30.0 Å². The second-order valence-electron chi connectivity index (χ2n) is 5.74. The highest BCUT2D eigenvalue weighted by molar-refractivity contribution is 6.03.